The van der Waals surface area contributed by atoms with Gasteiger partial charge in [0.05, 0.1) is 24.4 Å². The van der Waals surface area contributed by atoms with Crippen molar-refractivity contribution in [2.75, 3.05) is 12.4 Å². The molecule has 2 aromatic rings. The first kappa shape index (κ1) is 19.1. The van der Waals surface area contributed by atoms with Gasteiger partial charge in [0.15, 0.2) is 5.65 Å². The van der Waals surface area contributed by atoms with E-state index < -0.39 is 0 Å². The number of imidazole rings is 1. The highest BCUT2D eigenvalue weighted by atomic mass is 16.5. The fraction of sp³-hybridized carbons (Fsp3) is 0.545. The average Bonchev–Trinajstić information content (AvgIpc) is 3.54. The molecular weight excluding hydrogens is 380 g/mol. The Morgan fingerprint density at radius 3 is 2.60 bits per heavy atom. The molecule has 0 aliphatic heterocycles. The van der Waals surface area contributed by atoms with E-state index in [0.29, 0.717) is 23.0 Å². The van der Waals surface area contributed by atoms with Crippen LogP contribution >= 0.6 is 0 Å². The number of allylic oxidation sites excluding steroid dienone is 2. The third-order valence-corrected chi connectivity index (χ3v) is 7.26. The molecule has 4 aliphatic rings. The Balaban J connectivity index is 1.37. The summed E-state index contributed by atoms with van der Waals surface area (Å²) in [7, 11) is 1.48. The molecule has 0 unspecified atom stereocenters. The molecule has 4 N–H and O–H groups in total. The minimum atomic E-state index is -0.296. The van der Waals surface area contributed by atoms with Crippen LogP contribution in [-0.4, -0.2) is 38.9 Å². The molecule has 4 fully saturated rings. The van der Waals surface area contributed by atoms with E-state index in [-0.39, 0.29) is 16.9 Å². The molecule has 158 valence electrons. The van der Waals surface area contributed by atoms with Crippen molar-refractivity contribution >= 4 is 23.1 Å². The average molecular weight is 409 g/mol. The van der Waals surface area contributed by atoms with Crippen molar-refractivity contribution in [2.24, 2.45) is 17.1 Å². The van der Waals surface area contributed by atoms with E-state index in [2.05, 4.69) is 10.3 Å². The van der Waals surface area contributed by atoms with Crippen LogP contribution in [0.1, 0.15) is 57.1 Å². The third-order valence-electron chi connectivity index (χ3n) is 7.26. The second kappa shape index (κ2) is 6.82. The molecule has 30 heavy (non-hydrogen) atoms. The number of aromatic nitrogens is 3. The highest BCUT2D eigenvalue weighted by Gasteiger charge is 2.53. The molecule has 4 aliphatic carbocycles. The lowest BCUT2D eigenvalue weighted by Gasteiger charge is -2.52. The van der Waals surface area contributed by atoms with Crippen molar-refractivity contribution in [3.63, 3.8) is 0 Å². The predicted molar refractivity (Wildman–Crippen MR) is 113 cm³/mol. The van der Waals surface area contributed by atoms with Crippen LogP contribution in [-0.2, 0) is 9.53 Å². The summed E-state index contributed by atoms with van der Waals surface area (Å²) < 4.78 is 6.78. The Bertz CT molecular complexity index is 1030. The number of ether oxygens (including phenoxy) is 1. The van der Waals surface area contributed by atoms with Gasteiger partial charge in [0, 0.05) is 11.2 Å². The molecule has 0 amide bonds. The molecule has 0 saturated heterocycles. The van der Waals surface area contributed by atoms with E-state index in [1.54, 1.807) is 16.8 Å². The Labute approximate surface area is 175 Å². The van der Waals surface area contributed by atoms with Crippen LogP contribution in [0.2, 0.25) is 0 Å². The van der Waals surface area contributed by atoms with Gasteiger partial charge in [0.2, 0.25) is 0 Å². The molecule has 8 nitrogen and oxygen atoms in total. The summed E-state index contributed by atoms with van der Waals surface area (Å²) >= 11 is 0. The number of fused-ring (bicyclic) bond motifs is 4. The number of carbonyl (C=O) groups is 1. The normalized spacial score (nSPS) is 28.5. The smallest absolute Gasteiger partial charge is 0.311 e. The number of nitrogens with one attached hydrogen (secondary N) is 2. The van der Waals surface area contributed by atoms with Gasteiger partial charge in [0.25, 0.3) is 0 Å². The minimum Gasteiger partial charge on any atom is -0.469 e. The van der Waals surface area contributed by atoms with Crippen LogP contribution in [0.4, 0.5) is 5.82 Å². The monoisotopic (exact) mass is 408 g/mol. The Kier molecular flexibility index (Phi) is 4.34. The summed E-state index contributed by atoms with van der Waals surface area (Å²) in [4.78, 5) is 16.6. The van der Waals surface area contributed by atoms with Crippen LogP contribution in [0, 0.1) is 16.7 Å². The molecular formula is C22H28N6O2. The summed E-state index contributed by atoms with van der Waals surface area (Å²) in [6.07, 6.45) is 10.9. The maximum absolute atomic E-state index is 12.2. The number of nitrogens with two attached hydrogens (primary N) is 1. The van der Waals surface area contributed by atoms with Crippen molar-refractivity contribution in [3.8, 4) is 0 Å². The quantitative estimate of drug-likeness (QED) is 0.499. The molecule has 8 heteroatoms. The Morgan fingerprint density at radius 1 is 1.27 bits per heavy atom. The van der Waals surface area contributed by atoms with Crippen LogP contribution in [0.3, 0.4) is 0 Å². The van der Waals surface area contributed by atoms with Crippen molar-refractivity contribution in [1.29, 1.82) is 5.41 Å². The van der Waals surface area contributed by atoms with Gasteiger partial charge < -0.3 is 15.8 Å². The summed E-state index contributed by atoms with van der Waals surface area (Å²) in [6, 6.07) is 3.86. The number of anilines is 1. The van der Waals surface area contributed by atoms with Gasteiger partial charge in [-0.1, -0.05) is 0 Å². The lowest BCUT2D eigenvalue weighted by Crippen LogP contribution is -2.53. The lowest BCUT2D eigenvalue weighted by atomic mass is 9.57. The summed E-state index contributed by atoms with van der Waals surface area (Å²) in [6.45, 7) is 0. The van der Waals surface area contributed by atoms with Gasteiger partial charge in [-0.25, -0.2) is 9.50 Å². The van der Waals surface area contributed by atoms with Gasteiger partial charge in [0.1, 0.15) is 11.5 Å². The second-order valence-electron chi connectivity index (χ2n) is 9.14. The molecule has 2 aromatic heterocycles. The number of esters is 1. The first-order chi connectivity index (χ1) is 14.4. The fourth-order valence-corrected chi connectivity index (χ4v) is 5.07. The SMILES string of the molecule is COC(=O)C12CCC(Nc3ccc4ncc(C(=N)/C=C(\N)C5CC5)n4n3)(CC1)CC2. The van der Waals surface area contributed by atoms with E-state index in [9.17, 15) is 4.79 Å². The summed E-state index contributed by atoms with van der Waals surface area (Å²) in [5.41, 5.74) is 8.18. The largest absolute Gasteiger partial charge is 0.469 e. The van der Waals surface area contributed by atoms with Gasteiger partial charge in [-0.3, -0.25) is 10.2 Å². The van der Waals surface area contributed by atoms with Crippen molar-refractivity contribution in [1.82, 2.24) is 14.6 Å². The topological polar surface area (TPSA) is 118 Å². The maximum Gasteiger partial charge on any atom is 0.311 e. The van der Waals surface area contributed by atoms with Gasteiger partial charge >= 0.3 is 5.97 Å². The van der Waals surface area contributed by atoms with Crippen molar-refractivity contribution in [3.05, 3.63) is 35.8 Å². The zero-order valence-corrected chi connectivity index (χ0v) is 17.3. The van der Waals surface area contributed by atoms with E-state index in [4.69, 9.17) is 21.0 Å². The first-order valence-electron chi connectivity index (χ1n) is 10.7. The number of nitrogens with zero attached hydrogens (tertiary/aromatic N) is 3. The highest BCUT2D eigenvalue weighted by Crippen LogP contribution is 2.53. The molecule has 2 bridgehead atoms. The van der Waals surface area contributed by atoms with Gasteiger partial charge in [-0.05, 0) is 75.5 Å². The zero-order valence-electron chi connectivity index (χ0n) is 17.3. The van der Waals surface area contributed by atoms with Crippen LogP contribution in [0.5, 0.6) is 0 Å². The molecule has 2 heterocycles. The van der Waals surface area contributed by atoms with Crippen LogP contribution in [0.25, 0.3) is 5.65 Å². The lowest BCUT2D eigenvalue weighted by molar-refractivity contribution is -0.159. The first-order valence-corrected chi connectivity index (χ1v) is 10.7. The van der Waals surface area contributed by atoms with Crippen LogP contribution < -0.4 is 11.1 Å². The Hall–Kier alpha value is -2.90. The second-order valence-corrected chi connectivity index (χ2v) is 9.14. The molecule has 0 radical (unpaired) electrons. The molecule has 0 spiro atoms. The maximum atomic E-state index is 12.2. The minimum absolute atomic E-state index is 0.0407. The number of rotatable bonds is 6. The van der Waals surface area contributed by atoms with Crippen LogP contribution in [0.15, 0.2) is 30.1 Å². The molecule has 0 atom stereocenters. The van der Waals surface area contributed by atoms with Gasteiger partial charge in [-0.2, -0.15) is 0 Å². The zero-order chi connectivity index (χ0) is 20.9. The molecule has 0 aromatic carbocycles. The van der Waals surface area contributed by atoms with E-state index >= 15 is 0 Å². The Morgan fingerprint density at radius 2 is 1.97 bits per heavy atom. The van der Waals surface area contributed by atoms with Gasteiger partial charge in [-0.15, -0.1) is 5.10 Å². The fourth-order valence-electron chi connectivity index (χ4n) is 5.07. The van der Waals surface area contributed by atoms with Crippen molar-refractivity contribution < 1.29 is 9.53 Å². The number of carbonyl (C=O) groups excluding carboxylic acids is 1. The highest BCUT2D eigenvalue weighted by molar-refractivity contribution is 6.06. The van der Waals surface area contributed by atoms with E-state index in [1.807, 2.05) is 12.1 Å². The summed E-state index contributed by atoms with van der Waals surface area (Å²) in [5, 5.41) is 16.8. The predicted octanol–water partition coefficient (Wildman–Crippen LogP) is 3.03. The molecule has 4 saturated carbocycles. The number of hydrogen-bond acceptors (Lipinski definition) is 7. The third kappa shape index (κ3) is 3.14. The number of methoxy groups -OCH3 is 1. The summed E-state index contributed by atoms with van der Waals surface area (Å²) in [5.74, 6) is 1.13. The van der Waals surface area contributed by atoms with E-state index in [0.717, 1.165) is 62.9 Å². The number of hydrogen-bond donors (Lipinski definition) is 3. The van der Waals surface area contributed by atoms with E-state index in [1.165, 1.54) is 7.11 Å². The molecule has 6 rings (SSSR count). The standard InChI is InChI=1S/C22H28N6O2/c1-30-20(29)21-6-9-22(10-7-21,11-8-21)26-18-4-5-19-25-13-17(28(19)27-18)16(24)12-15(23)14-2-3-14/h4-5,12-14,24H,2-3,6-11,23H2,1H3,(H,26,27)/b15-12-,24-16?. The van der Waals surface area contributed by atoms with Crippen molar-refractivity contribution in [2.45, 2.75) is 56.9 Å².